The standard InChI is InChI=1S/C19H18N2O5/c1-25-17-9-12(8-16(22)18(17)26-2)13-7-11-5-3-4-6-14(11)21-15(13)10-20-19(23)24/h3-9,20,22H,10H2,1-2H3,(H,23,24). The number of para-hydroxylation sites is 1. The summed E-state index contributed by atoms with van der Waals surface area (Å²) in [6.45, 7) is 0.0323. The molecule has 0 unspecified atom stereocenters. The van der Waals surface area contributed by atoms with Crippen molar-refractivity contribution in [1.29, 1.82) is 0 Å². The Hall–Kier alpha value is -3.48. The van der Waals surface area contributed by atoms with Crippen LogP contribution in [-0.4, -0.2) is 35.5 Å². The van der Waals surface area contributed by atoms with Crippen molar-refractivity contribution in [1.82, 2.24) is 10.3 Å². The van der Waals surface area contributed by atoms with Gasteiger partial charge in [0.25, 0.3) is 0 Å². The van der Waals surface area contributed by atoms with E-state index in [-0.39, 0.29) is 18.0 Å². The molecule has 1 aromatic heterocycles. The number of rotatable bonds is 5. The molecule has 0 aliphatic heterocycles. The number of nitrogens with one attached hydrogen (secondary N) is 1. The molecule has 1 heterocycles. The third-order valence-corrected chi connectivity index (χ3v) is 3.98. The molecule has 0 radical (unpaired) electrons. The predicted molar refractivity (Wildman–Crippen MR) is 96.8 cm³/mol. The van der Waals surface area contributed by atoms with Crippen molar-refractivity contribution in [3.8, 4) is 28.4 Å². The molecular formula is C19H18N2O5. The van der Waals surface area contributed by atoms with Crippen LogP contribution in [-0.2, 0) is 6.54 Å². The second kappa shape index (κ2) is 7.18. The molecule has 0 atom stereocenters. The van der Waals surface area contributed by atoms with Gasteiger partial charge in [-0.3, -0.25) is 4.98 Å². The van der Waals surface area contributed by atoms with E-state index in [0.717, 1.165) is 10.9 Å². The number of nitrogens with zero attached hydrogens (tertiary/aromatic N) is 1. The summed E-state index contributed by atoms with van der Waals surface area (Å²) < 4.78 is 10.4. The molecule has 0 bridgehead atoms. The summed E-state index contributed by atoms with van der Waals surface area (Å²) in [6, 6.07) is 12.7. The Balaban J connectivity index is 2.20. The number of aromatic nitrogens is 1. The minimum atomic E-state index is -1.14. The SMILES string of the molecule is COc1cc(-c2cc3ccccc3nc2CNC(=O)O)cc(O)c1OC. The average molecular weight is 354 g/mol. The van der Waals surface area contributed by atoms with Gasteiger partial charge in [0.05, 0.1) is 32.0 Å². The lowest BCUT2D eigenvalue weighted by atomic mass is 10.00. The van der Waals surface area contributed by atoms with Crippen molar-refractivity contribution in [3.05, 3.63) is 48.2 Å². The highest BCUT2D eigenvalue weighted by atomic mass is 16.5. The van der Waals surface area contributed by atoms with Gasteiger partial charge in [0.2, 0.25) is 5.75 Å². The third-order valence-electron chi connectivity index (χ3n) is 3.98. The zero-order chi connectivity index (χ0) is 18.7. The number of phenols is 1. The Bertz CT molecular complexity index is 972. The van der Waals surface area contributed by atoms with E-state index in [1.165, 1.54) is 20.3 Å². The number of fused-ring (bicyclic) bond motifs is 1. The van der Waals surface area contributed by atoms with E-state index >= 15 is 0 Å². The maximum atomic E-state index is 10.9. The second-order valence-electron chi connectivity index (χ2n) is 5.56. The zero-order valence-electron chi connectivity index (χ0n) is 14.3. The Morgan fingerprint density at radius 3 is 2.62 bits per heavy atom. The Kier molecular flexibility index (Phi) is 4.79. The van der Waals surface area contributed by atoms with Crippen LogP contribution in [0.15, 0.2) is 42.5 Å². The molecule has 26 heavy (non-hydrogen) atoms. The highest BCUT2D eigenvalue weighted by Crippen LogP contribution is 2.41. The Morgan fingerprint density at radius 1 is 1.15 bits per heavy atom. The van der Waals surface area contributed by atoms with Gasteiger partial charge in [0.15, 0.2) is 11.5 Å². The van der Waals surface area contributed by atoms with Crippen LogP contribution in [0.4, 0.5) is 4.79 Å². The number of hydrogen-bond donors (Lipinski definition) is 3. The number of carbonyl (C=O) groups is 1. The van der Waals surface area contributed by atoms with E-state index in [9.17, 15) is 9.90 Å². The minimum absolute atomic E-state index is 0.0323. The van der Waals surface area contributed by atoms with E-state index in [1.807, 2.05) is 30.3 Å². The minimum Gasteiger partial charge on any atom is -0.504 e. The highest BCUT2D eigenvalue weighted by Gasteiger charge is 2.16. The Labute approximate surface area is 149 Å². The van der Waals surface area contributed by atoms with E-state index in [1.54, 1.807) is 6.07 Å². The summed E-state index contributed by atoms with van der Waals surface area (Å²) in [5, 5.41) is 22.4. The lowest BCUT2D eigenvalue weighted by molar-refractivity contribution is 0.194. The summed E-state index contributed by atoms with van der Waals surface area (Å²) in [7, 11) is 2.92. The van der Waals surface area contributed by atoms with Crippen molar-refractivity contribution in [2.75, 3.05) is 14.2 Å². The topological polar surface area (TPSA) is 101 Å². The molecule has 7 heteroatoms. The normalized spacial score (nSPS) is 10.5. The molecule has 2 aromatic carbocycles. The van der Waals surface area contributed by atoms with Crippen LogP contribution in [0.25, 0.3) is 22.0 Å². The molecule has 0 aliphatic carbocycles. The number of hydrogen-bond acceptors (Lipinski definition) is 5. The average Bonchev–Trinajstić information content (AvgIpc) is 2.64. The quantitative estimate of drug-likeness (QED) is 0.649. The van der Waals surface area contributed by atoms with Crippen LogP contribution in [0.3, 0.4) is 0 Å². The summed E-state index contributed by atoms with van der Waals surface area (Å²) in [5.74, 6) is 0.523. The second-order valence-corrected chi connectivity index (χ2v) is 5.56. The van der Waals surface area contributed by atoms with Crippen LogP contribution in [0.1, 0.15) is 5.69 Å². The van der Waals surface area contributed by atoms with Crippen molar-refractivity contribution in [3.63, 3.8) is 0 Å². The first-order valence-electron chi connectivity index (χ1n) is 7.84. The Morgan fingerprint density at radius 2 is 1.92 bits per heavy atom. The number of ether oxygens (including phenoxy) is 2. The maximum Gasteiger partial charge on any atom is 0.404 e. The highest BCUT2D eigenvalue weighted by molar-refractivity contribution is 5.86. The number of phenolic OH excluding ortho intramolecular Hbond substituents is 1. The maximum absolute atomic E-state index is 10.9. The molecule has 1 amide bonds. The van der Waals surface area contributed by atoms with Gasteiger partial charge in [0.1, 0.15) is 0 Å². The van der Waals surface area contributed by atoms with Gasteiger partial charge in [-0.2, -0.15) is 0 Å². The third kappa shape index (κ3) is 3.32. The van der Waals surface area contributed by atoms with E-state index < -0.39 is 6.09 Å². The van der Waals surface area contributed by atoms with Gasteiger partial charge >= 0.3 is 6.09 Å². The first kappa shape index (κ1) is 17.3. The van der Waals surface area contributed by atoms with Gasteiger partial charge in [-0.15, -0.1) is 0 Å². The summed E-state index contributed by atoms with van der Waals surface area (Å²) in [6.07, 6.45) is -1.14. The predicted octanol–water partition coefficient (Wildman–Crippen LogP) is 3.39. The van der Waals surface area contributed by atoms with Gasteiger partial charge in [-0.25, -0.2) is 4.79 Å². The monoisotopic (exact) mass is 354 g/mol. The molecule has 0 aliphatic rings. The van der Waals surface area contributed by atoms with Crippen molar-refractivity contribution < 1.29 is 24.5 Å². The van der Waals surface area contributed by atoms with Crippen molar-refractivity contribution in [2.24, 2.45) is 0 Å². The lowest BCUT2D eigenvalue weighted by Crippen LogP contribution is -2.21. The number of pyridine rings is 1. The number of carboxylic acid groups (broad SMARTS) is 1. The van der Waals surface area contributed by atoms with Crippen LogP contribution >= 0.6 is 0 Å². The smallest absolute Gasteiger partial charge is 0.404 e. The van der Waals surface area contributed by atoms with Crippen molar-refractivity contribution >= 4 is 17.0 Å². The first-order valence-corrected chi connectivity index (χ1v) is 7.84. The van der Waals surface area contributed by atoms with Gasteiger partial charge < -0.3 is 25.0 Å². The van der Waals surface area contributed by atoms with Gasteiger partial charge in [-0.05, 0) is 29.8 Å². The molecule has 134 valence electrons. The molecule has 3 aromatic rings. The fourth-order valence-electron chi connectivity index (χ4n) is 2.80. The molecular weight excluding hydrogens is 336 g/mol. The number of amides is 1. The summed E-state index contributed by atoms with van der Waals surface area (Å²) in [4.78, 5) is 15.5. The number of aromatic hydroxyl groups is 1. The fraction of sp³-hybridized carbons (Fsp3) is 0.158. The first-order chi connectivity index (χ1) is 12.5. The summed E-state index contributed by atoms with van der Waals surface area (Å²) >= 11 is 0. The zero-order valence-corrected chi connectivity index (χ0v) is 14.3. The largest absolute Gasteiger partial charge is 0.504 e. The molecule has 0 saturated heterocycles. The van der Waals surface area contributed by atoms with E-state index in [4.69, 9.17) is 14.6 Å². The van der Waals surface area contributed by atoms with Crippen LogP contribution in [0.5, 0.6) is 17.2 Å². The molecule has 0 saturated carbocycles. The van der Waals surface area contributed by atoms with Crippen LogP contribution < -0.4 is 14.8 Å². The molecule has 3 N–H and O–H groups in total. The number of methoxy groups -OCH3 is 2. The molecule has 3 rings (SSSR count). The van der Waals surface area contributed by atoms with Crippen LogP contribution in [0, 0.1) is 0 Å². The van der Waals surface area contributed by atoms with Gasteiger partial charge in [0, 0.05) is 10.9 Å². The number of benzene rings is 2. The molecule has 7 nitrogen and oxygen atoms in total. The van der Waals surface area contributed by atoms with E-state index in [2.05, 4.69) is 10.3 Å². The molecule has 0 fully saturated rings. The van der Waals surface area contributed by atoms with E-state index in [0.29, 0.717) is 22.6 Å². The van der Waals surface area contributed by atoms with Gasteiger partial charge in [-0.1, -0.05) is 18.2 Å². The molecule has 0 spiro atoms. The van der Waals surface area contributed by atoms with Crippen LogP contribution in [0.2, 0.25) is 0 Å². The van der Waals surface area contributed by atoms with Crippen molar-refractivity contribution in [2.45, 2.75) is 6.54 Å². The fourth-order valence-corrected chi connectivity index (χ4v) is 2.80. The summed E-state index contributed by atoms with van der Waals surface area (Å²) in [5.41, 5.74) is 2.62. The lowest BCUT2D eigenvalue weighted by Gasteiger charge is -2.15.